The van der Waals surface area contributed by atoms with E-state index in [0.717, 1.165) is 11.1 Å². The number of carbonyl (C=O) groups is 2. The van der Waals surface area contributed by atoms with Crippen LogP contribution >= 0.6 is 0 Å². The second-order valence-electron chi connectivity index (χ2n) is 5.17. The van der Waals surface area contributed by atoms with Gasteiger partial charge in [-0.2, -0.15) is 0 Å². The number of ketones is 1. The lowest BCUT2D eigenvalue weighted by atomic mass is 10.1. The van der Waals surface area contributed by atoms with E-state index < -0.39 is 5.97 Å². The Morgan fingerprint density at radius 1 is 1.23 bits per heavy atom. The molecule has 2 rings (SSSR count). The molecular weight excluding hydrogens is 282 g/mol. The van der Waals surface area contributed by atoms with Gasteiger partial charge in [0.1, 0.15) is 18.1 Å². The Labute approximate surface area is 129 Å². The third-order valence-electron chi connectivity index (χ3n) is 3.42. The number of carbonyl (C=O) groups excluding carboxylic acids is 2. The summed E-state index contributed by atoms with van der Waals surface area (Å²) in [5, 5.41) is 0. The number of aromatic nitrogens is 1. The second kappa shape index (κ2) is 6.47. The number of rotatable bonds is 5. The van der Waals surface area contributed by atoms with E-state index in [4.69, 9.17) is 9.47 Å². The van der Waals surface area contributed by atoms with Crippen molar-refractivity contribution in [2.24, 2.45) is 7.05 Å². The van der Waals surface area contributed by atoms with E-state index in [1.807, 2.05) is 25.1 Å². The molecule has 0 aliphatic rings. The van der Waals surface area contributed by atoms with Crippen molar-refractivity contribution in [3.8, 4) is 5.75 Å². The molecule has 1 heterocycles. The number of ether oxygens (including phenoxy) is 2. The third-order valence-corrected chi connectivity index (χ3v) is 3.42. The molecule has 0 saturated carbocycles. The van der Waals surface area contributed by atoms with Crippen molar-refractivity contribution in [3.05, 3.63) is 52.8 Å². The van der Waals surface area contributed by atoms with Crippen LogP contribution in [0.4, 0.5) is 0 Å². The molecule has 1 aromatic heterocycles. The average Bonchev–Trinajstić information content (AvgIpc) is 2.87. The first kappa shape index (κ1) is 15.8. The summed E-state index contributed by atoms with van der Waals surface area (Å²) in [5.74, 6) is 0.114. The maximum atomic E-state index is 12.2. The van der Waals surface area contributed by atoms with Gasteiger partial charge in [-0.1, -0.05) is 11.6 Å². The van der Waals surface area contributed by atoms with E-state index >= 15 is 0 Å². The van der Waals surface area contributed by atoms with Crippen LogP contribution in [0.25, 0.3) is 0 Å². The van der Waals surface area contributed by atoms with Gasteiger partial charge in [0.05, 0.1) is 7.11 Å². The molecule has 0 N–H and O–H groups in total. The van der Waals surface area contributed by atoms with Crippen LogP contribution in [0, 0.1) is 6.92 Å². The molecule has 0 saturated heterocycles. The quantitative estimate of drug-likeness (QED) is 0.629. The minimum atomic E-state index is -0.474. The van der Waals surface area contributed by atoms with Crippen LogP contribution in [0.3, 0.4) is 0 Å². The van der Waals surface area contributed by atoms with Gasteiger partial charge in [-0.05, 0) is 32.0 Å². The monoisotopic (exact) mass is 301 g/mol. The fraction of sp³-hybridized carbons (Fsp3) is 0.294. The molecule has 5 nitrogen and oxygen atoms in total. The minimum absolute atomic E-state index is 0.0880. The Morgan fingerprint density at radius 2 is 1.95 bits per heavy atom. The molecule has 0 fully saturated rings. The molecule has 1 aromatic carbocycles. The van der Waals surface area contributed by atoms with E-state index in [1.54, 1.807) is 24.9 Å². The highest BCUT2D eigenvalue weighted by Gasteiger charge is 2.16. The topological polar surface area (TPSA) is 57.5 Å². The minimum Gasteiger partial charge on any atom is -0.496 e. The number of hydrogen-bond acceptors (Lipinski definition) is 4. The molecule has 5 heteroatoms. The first-order chi connectivity index (χ1) is 10.4. The molecule has 0 atom stereocenters. The van der Waals surface area contributed by atoms with Crippen molar-refractivity contribution in [1.29, 1.82) is 0 Å². The molecule has 0 aliphatic carbocycles. The average molecular weight is 301 g/mol. The van der Waals surface area contributed by atoms with Gasteiger partial charge in [-0.15, -0.1) is 0 Å². The number of hydrogen-bond donors (Lipinski definition) is 0. The largest absolute Gasteiger partial charge is 0.496 e. The highest BCUT2D eigenvalue weighted by atomic mass is 16.5. The number of Topliss-reactive ketones (excluding diaryl/α,β-unsaturated/α-hetero) is 1. The SMILES string of the molecule is COc1ccc(C)cc1COC(=O)c1cc(C(C)=O)cn1C. The third kappa shape index (κ3) is 3.36. The fourth-order valence-corrected chi connectivity index (χ4v) is 2.20. The summed E-state index contributed by atoms with van der Waals surface area (Å²) in [6, 6.07) is 7.23. The molecule has 22 heavy (non-hydrogen) atoms. The molecule has 0 unspecified atom stereocenters. The van der Waals surface area contributed by atoms with Crippen molar-refractivity contribution >= 4 is 11.8 Å². The van der Waals surface area contributed by atoms with Gasteiger partial charge in [-0.3, -0.25) is 4.79 Å². The zero-order valence-corrected chi connectivity index (χ0v) is 13.2. The predicted molar refractivity (Wildman–Crippen MR) is 82.3 cm³/mol. The van der Waals surface area contributed by atoms with Gasteiger partial charge in [0, 0.05) is 24.4 Å². The molecule has 0 spiro atoms. The summed E-state index contributed by atoms with van der Waals surface area (Å²) in [4.78, 5) is 23.5. The molecule has 0 aliphatic heterocycles. The number of methoxy groups -OCH3 is 1. The standard InChI is InChI=1S/C17H19NO4/c1-11-5-6-16(21-4)14(7-11)10-22-17(20)15-8-13(12(2)19)9-18(15)3/h5-9H,10H2,1-4H3. The normalized spacial score (nSPS) is 10.4. The van der Waals surface area contributed by atoms with E-state index in [-0.39, 0.29) is 12.4 Å². The number of aryl methyl sites for hydroxylation is 2. The highest BCUT2D eigenvalue weighted by Crippen LogP contribution is 2.21. The predicted octanol–water partition coefficient (Wildman–Crippen LogP) is 2.90. The maximum Gasteiger partial charge on any atom is 0.355 e. The molecule has 0 amide bonds. The van der Waals surface area contributed by atoms with E-state index in [2.05, 4.69) is 0 Å². The summed E-state index contributed by atoms with van der Waals surface area (Å²) in [6.45, 7) is 3.54. The van der Waals surface area contributed by atoms with E-state index in [9.17, 15) is 9.59 Å². The maximum absolute atomic E-state index is 12.2. The molecule has 0 bridgehead atoms. The summed E-state index contributed by atoms with van der Waals surface area (Å²) in [7, 11) is 3.28. The van der Waals surface area contributed by atoms with Crippen LogP contribution in [-0.2, 0) is 18.4 Å². The Morgan fingerprint density at radius 3 is 2.55 bits per heavy atom. The van der Waals surface area contributed by atoms with Gasteiger partial charge in [0.25, 0.3) is 0 Å². The summed E-state index contributed by atoms with van der Waals surface area (Å²) in [5.41, 5.74) is 2.70. The van der Waals surface area contributed by atoms with Gasteiger partial charge in [-0.25, -0.2) is 4.79 Å². The lowest BCUT2D eigenvalue weighted by Crippen LogP contribution is -2.10. The first-order valence-corrected chi connectivity index (χ1v) is 6.90. The van der Waals surface area contributed by atoms with Crippen LogP contribution < -0.4 is 4.74 Å². The Bertz CT molecular complexity index is 715. The van der Waals surface area contributed by atoms with Crippen molar-refractivity contribution in [1.82, 2.24) is 4.57 Å². The van der Waals surface area contributed by atoms with Crippen LogP contribution in [0.1, 0.15) is 38.9 Å². The first-order valence-electron chi connectivity index (χ1n) is 6.90. The smallest absolute Gasteiger partial charge is 0.355 e. The zero-order chi connectivity index (χ0) is 16.3. The van der Waals surface area contributed by atoms with E-state index in [1.165, 1.54) is 13.0 Å². The van der Waals surface area contributed by atoms with Crippen LogP contribution in [0.2, 0.25) is 0 Å². The molecule has 0 radical (unpaired) electrons. The van der Waals surface area contributed by atoms with Crippen molar-refractivity contribution in [2.75, 3.05) is 7.11 Å². The number of nitrogens with zero attached hydrogens (tertiary/aromatic N) is 1. The number of esters is 1. The van der Waals surface area contributed by atoms with Gasteiger partial charge >= 0.3 is 5.97 Å². The van der Waals surface area contributed by atoms with Crippen LogP contribution in [0.15, 0.2) is 30.5 Å². The molecule has 2 aromatic rings. The fourth-order valence-electron chi connectivity index (χ4n) is 2.20. The van der Waals surface area contributed by atoms with Gasteiger partial charge in [0.15, 0.2) is 5.78 Å². The lowest BCUT2D eigenvalue weighted by molar-refractivity contribution is 0.0459. The van der Waals surface area contributed by atoms with Crippen molar-refractivity contribution < 1.29 is 19.1 Å². The molecule has 116 valence electrons. The second-order valence-corrected chi connectivity index (χ2v) is 5.17. The van der Waals surface area contributed by atoms with Gasteiger partial charge < -0.3 is 14.0 Å². The van der Waals surface area contributed by atoms with Gasteiger partial charge in [0.2, 0.25) is 0 Å². The summed E-state index contributed by atoms with van der Waals surface area (Å²) >= 11 is 0. The van der Waals surface area contributed by atoms with E-state index in [0.29, 0.717) is 17.0 Å². The highest BCUT2D eigenvalue weighted by molar-refractivity contribution is 5.97. The van der Waals surface area contributed by atoms with Crippen LogP contribution in [-0.4, -0.2) is 23.4 Å². The van der Waals surface area contributed by atoms with Crippen LogP contribution in [0.5, 0.6) is 5.75 Å². The zero-order valence-electron chi connectivity index (χ0n) is 13.2. The summed E-state index contributed by atoms with van der Waals surface area (Å²) < 4.78 is 12.2. The van der Waals surface area contributed by atoms with Crippen molar-refractivity contribution in [3.63, 3.8) is 0 Å². The van der Waals surface area contributed by atoms with Crippen molar-refractivity contribution in [2.45, 2.75) is 20.5 Å². The number of benzene rings is 1. The lowest BCUT2D eigenvalue weighted by Gasteiger charge is -2.10. The Kier molecular flexibility index (Phi) is 4.65. The summed E-state index contributed by atoms with van der Waals surface area (Å²) in [6.07, 6.45) is 1.62. The Balaban J connectivity index is 2.13. The molecular formula is C17H19NO4. The Hall–Kier alpha value is -2.56.